The average molecular weight is 448 g/mol. The van der Waals surface area contributed by atoms with Gasteiger partial charge in [-0.25, -0.2) is 9.07 Å². The van der Waals surface area contributed by atoms with E-state index in [0.717, 1.165) is 23.4 Å². The molecule has 0 bridgehead atoms. The molecule has 2 aromatic heterocycles. The lowest BCUT2D eigenvalue weighted by Gasteiger charge is -2.15. The van der Waals surface area contributed by atoms with Crippen LogP contribution in [0.4, 0.5) is 10.1 Å². The third-order valence-electron chi connectivity index (χ3n) is 5.19. The number of amides is 1. The molecular formula is C23H21FN6O3. The Morgan fingerprint density at radius 2 is 1.88 bits per heavy atom. The molecule has 0 atom stereocenters. The molecule has 0 aliphatic heterocycles. The SMILES string of the molecule is CN(CCCc1cc(-c2ccc(F)cc2)n[nH]1)C(=O)c1ccn(-c2ccc([N+](=O)[O-])cc2)n1. The number of carbonyl (C=O) groups excluding carboxylic acids is 1. The smallest absolute Gasteiger partial charge is 0.274 e. The number of aryl methyl sites for hydroxylation is 1. The van der Waals surface area contributed by atoms with Crippen LogP contribution in [0.1, 0.15) is 22.6 Å². The summed E-state index contributed by atoms with van der Waals surface area (Å²) in [4.78, 5) is 24.6. The minimum absolute atomic E-state index is 0.0102. The summed E-state index contributed by atoms with van der Waals surface area (Å²) >= 11 is 0. The number of nitro groups is 1. The maximum Gasteiger partial charge on any atom is 0.274 e. The van der Waals surface area contributed by atoms with Gasteiger partial charge in [-0.2, -0.15) is 10.2 Å². The first-order valence-corrected chi connectivity index (χ1v) is 10.3. The molecule has 0 aliphatic rings. The summed E-state index contributed by atoms with van der Waals surface area (Å²) in [6, 6.07) is 15.6. The predicted octanol–water partition coefficient (Wildman–Crippen LogP) is 4.01. The van der Waals surface area contributed by atoms with Gasteiger partial charge < -0.3 is 4.90 Å². The molecule has 10 heteroatoms. The van der Waals surface area contributed by atoms with Crippen molar-refractivity contribution >= 4 is 11.6 Å². The number of halogens is 1. The number of aromatic amines is 1. The molecule has 0 saturated carbocycles. The van der Waals surface area contributed by atoms with Crippen LogP contribution >= 0.6 is 0 Å². The van der Waals surface area contributed by atoms with E-state index >= 15 is 0 Å². The summed E-state index contributed by atoms with van der Waals surface area (Å²) in [5.74, 6) is -0.507. The van der Waals surface area contributed by atoms with E-state index in [-0.39, 0.29) is 23.1 Å². The third kappa shape index (κ3) is 5.12. The number of nitrogens with one attached hydrogen (secondary N) is 1. The molecular weight excluding hydrogens is 427 g/mol. The fraction of sp³-hybridized carbons (Fsp3) is 0.174. The van der Waals surface area contributed by atoms with Crippen LogP contribution in [0.2, 0.25) is 0 Å². The molecule has 0 aliphatic carbocycles. The predicted molar refractivity (Wildman–Crippen MR) is 119 cm³/mol. The fourth-order valence-corrected chi connectivity index (χ4v) is 3.37. The van der Waals surface area contributed by atoms with Crippen LogP contribution in [0.15, 0.2) is 66.9 Å². The molecule has 2 aromatic carbocycles. The summed E-state index contributed by atoms with van der Waals surface area (Å²) in [5, 5.41) is 22.3. The van der Waals surface area contributed by atoms with E-state index < -0.39 is 4.92 Å². The van der Waals surface area contributed by atoms with Gasteiger partial charge in [-0.15, -0.1) is 0 Å². The number of benzene rings is 2. The first kappa shape index (κ1) is 21.9. The van der Waals surface area contributed by atoms with Crippen molar-refractivity contribution in [3.05, 3.63) is 94.2 Å². The Morgan fingerprint density at radius 1 is 1.15 bits per heavy atom. The number of non-ortho nitro benzene ring substituents is 1. The number of rotatable bonds is 8. The normalized spacial score (nSPS) is 10.8. The van der Waals surface area contributed by atoms with Crippen molar-refractivity contribution in [3.8, 4) is 16.9 Å². The second kappa shape index (κ2) is 9.43. The van der Waals surface area contributed by atoms with Crippen molar-refractivity contribution in [2.24, 2.45) is 0 Å². The standard InChI is InChI=1S/C23H21FN6O3/c1-28(13-2-3-18-15-22(26-25-18)16-4-6-17(24)7-5-16)23(31)21-12-14-29(27-21)19-8-10-20(11-9-19)30(32)33/h4-12,14-15H,2-3,13H2,1H3,(H,25,26). The van der Waals surface area contributed by atoms with Crippen molar-refractivity contribution in [3.63, 3.8) is 0 Å². The number of aromatic nitrogens is 4. The van der Waals surface area contributed by atoms with Crippen molar-refractivity contribution in [2.75, 3.05) is 13.6 Å². The van der Waals surface area contributed by atoms with Crippen molar-refractivity contribution in [1.82, 2.24) is 24.9 Å². The van der Waals surface area contributed by atoms with Crippen LogP contribution in [0.3, 0.4) is 0 Å². The van der Waals surface area contributed by atoms with E-state index in [2.05, 4.69) is 15.3 Å². The summed E-state index contributed by atoms with van der Waals surface area (Å²) < 4.78 is 14.6. The number of carbonyl (C=O) groups is 1. The number of hydrogen-bond acceptors (Lipinski definition) is 5. The van der Waals surface area contributed by atoms with Crippen molar-refractivity contribution < 1.29 is 14.1 Å². The molecule has 0 spiro atoms. The number of nitro benzene ring substituents is 1. The molecule has 2 heterocycles. The lowest BCUT2D eigenvalue weighted by atomic mass is 10.1. The van der Waals surface area contributed by atoms with Gasteiger partial charge in [0.15, 0.2) is 5.69 Å². The van der Waals surface area contributed by atoms with Crippen LogP contribution in [-0.2, 0) is 6.42 Å². The third-order valence-corrected chi connectivity index (χ3v) is 5.19. The highest BCUT2D eigenvalue weighted by atomic mass is 19.1. The molecule has 9 nitrogen and oxygen atoms in total. The molecule has 1 N–H and O–H groups in total. The summed E-state index contributed by atoms with van der Waals surface area (Å²) in [6.07, 6.45) is 3.06. The molecule has 0 unspecified atom stereocenters. The van der Waals surface area contributed by atoms with E-state index in [1.807, 2.05) is 6.07 Å². The van der Waals surface area contributed by atoms with Gasteiger partial charge in [0.05, 0.1) is 16.3 Å². The Kier molecular flexibility index (Phi) is 6.25. The molecule has 0 saturated heterocycles. The highest BCUT2D eigenvalue weighted by Gasteiger charge is 2.16. The molecule has 4 rings (SSSR count). The quantitative estimate of drug-likeness (QED) is 0.323. The molecule has 4 aromatic rings. The minimum atomic E-state index is -0.469. The maximum absolute atomic E-state index is 13.1. The van der Waals surface area contributed by atoms with Gasteiger partial charge in [0.1, 0.15) is 5.82 Å². The second-order valence-corrected chi connectivity index (χ2v) is 7.53. The molecule has 0 radical (unpaired) electrons. The van der Waals surface area contributed by atoms with Crippen LogP contribution in [0.5, 0.6) is 0 Å². The number of H-pyrrole nitrogens is 1. The largest absolute Gasteiger partial charge is 0.340 e. The lowest BCUT2D eigenvalue weighted by Crippen LogP contribution is -2.28. The maximum atomic E-state index is 13.1. The number of nitrogens with zero attached hydrogens (tertiary/aromatic N) is 5. The Bertz CT molecular complexity index is 1260. The second-order valence-electron chi connectivity index (χ2n) is 7.53. The van der Waals surface area contributed by atoms with Crippen LogP contribution < -0.4 is 0 Å². The van der Waals surface area contributed by atoms with Gasteiger partial charge >= 0.3 is 0 Å². The zero-order valence-corrected chi connectivity index (χ0v) is 17.8. The van der Waals surface area contributed by atoms with Crippen LogP contribution in [0, 0.1) is 15.9 Å². The topological polar surface area (TPSA) is 110 Å². The summed E-state index contributed by atoms with van der Waals surface area (Å²) in [6.45, 7) is 0.522. The van der Waals surface area contributed by atoms with Gasteiger partial charge in [-0.1, -0.05) is 0 Å². The van der Waals surface area contributed by atoms with E-state index in [0.29, 0.717) is 18.7 Å². The zero-order valence-electron chi connectivity index (χ0n) is 17.8. The lowest BCUT2D eigenvalue weighted by molar-refractivity contribution is -0.384. The Hall–Kier alpha value is -4.34. The number of hydrogen-bond donors (Lipinski definition) is 1. The first-order valence-electron chi connectivity index (χ1n) is 10.3. The van der Waals surface area contributed by atoms with E-state index in [1.54, 1.807) is 48.5 Å². The van der Waals surface area contributed by atoms with Gasteiger partial charge in [0.2, 0.25) is 0 Å². The van der Waals surface area contributed by atoms with Gasteiger partial charge in [0, 0.05) is 43.2 Å². The Morgan fingerprint density at radius 3 is 2.58 bits per heavy atom. The zero-order chi connectivity index (χ0) is 23.4. The molecule has 0 fully saturated rings. The Balaban J connectivity index is 1.31. The monoisotopic (exact) mass is 448 g/mol. The van der Waals surface area contributed by atoms with Crippen molar-refractivity contribution in [2.45, 2.75) is 12.8 Å². The van der Waals surface area contributed by atoms with E-state index in [1.165, 1.54) is 28.9 Å². The van der Waals surface area contributed by atoms with Gasteiger partial charge in [0.25, 0.3) is 11.6 Å². The molecule has 33 heavy (non-hydrogen) atoms. The highest BCUT2D eigenvalue weighted by molar-refractivity contribution is 5.92. The summed E-state index contributed by atoms with van der Waals surface area (Å²) in [7, 11) is 1.71. The molecule has 1 amide bonds. The fourth-order valence-electron chi connectivity index (χ4n) is 3.37. The van der Waals surface area contributed by atoms with Gasteiger partial charge in [-0.05, 0) is 61.4 Å². The first-order chi connectivity index (χ1) is 15.9. The van der Waals surface area contributed by atoms with Crippen molar-refractivity contribution in [1.29, 1.82) is 0 Å². The minimum Gasteiger partial charge on any atom is -0.340 e. The molecule has 168 valence electrons. The van der Waals surface area contributed by atoms with E-state index in [9.17, 15) is 19.3 Å². The average Bonchev–Trinajstić information content (AvgIpc) is 3.49. The van der Waals surface area contributed by atoms with Crippen LogP contribution in [0.25, 0.3) is 16.9 Å². The Labute approximate surface area is 188 Å². The van der Waals surface area contributed by atoms with E-state index in [4.69, 9.17) is 0 Å². The summed E-state index contributed by atoms with van der Waals surface area (Å²) in [5.41, 5.74) is 3.40. The van der Waals surface area contributed by atoms with Gasteiger partial charge in [-0.3, -0.25) is 20.0 Å². The highest BCUT2D eigenvalue weighted by Crippen LogP contribution is 2.19. The van der Waals surface area contributed by atoms with Crippen LogP contribution in [-0.4, -0.2) is 49.3 Å².